The van der Waals surface area contributed by atoms with Crippen LogP contribution >= 0.6 is 0 Å². The van der Waals surface area contributed by atoms with Crippen molar-refractivity contribution in [2.75, 3.05) is 10.6 Å². The van der Waals surface area contributed by atoms with Crippen LogP contribution in [0.5, 0.6) is 0 Å². The molecule has 0 atom stereocenters. The lowest BCUT2D eigenvalue weighted by Gasteiger charge is -2.08. The molecule has 0 saturated heterocycles. The van der Waals surface area contributed by atoms with Crippen LogP contribution in [0.2, 0.25) is 0 Å². The zero-order valence-corrected chi connectivity index (χ0v) is 11.9. The number of amides is 2. The fraction of sp³-hybridized carbons (Fsp3) is 0.0714. The highest BCUT2D eigenvalue weighted by Gasteiger charge is 2.33. The predicted octanol–water partition coefficient (Wildman–Crippen LogP) is 2.94. The van der Waals surface area contributed by atoms with Crippen LogP contribution < -0.4 is 10.6 Å². The van der Waals surface area contributed by atoms with E-state index in [1.54, 1.807) is 5.10 Å². The van der Waals surface area contributed by atoms with Crippen molar-refractivity contribution in [2.24, 2.45) is 0 Å². The molecule has 126 valence electrons. The number of hydrogen-bond donors (Lipinski definition) is 3. The summed E-state index contributed by atoms with van der Waals surface area (Å²) in [7, 11) is 0. The van der Waals surface area contributed by atoms with Crippen LogP contribution in [0.25, 0.3) is 0 Å². The van der Waals surface area contributed by atoms with E-state index in [2.05, 4.69) is 22.3 Å². The smallest absolute Gasteiger partial charge is 0.321 e. The number of benzene rings is 1. The SMILES string of the molecule is C=CC(=O)Nc1cc(NC(=O)c2cc(C(F)(F)F)[nH]n2)ccc1F. The number of aromatic nitrogens is 2. The zero-order valence-electron chi connectivity index (χ0n) is 11.9. The van der Waals surface area contributed by atoms with Crippen molar-refractivity contribution in [3.05, 3.63) is 54.1 Å². The number of halogens is 4. The van der Waals surface area contributed by atoms with Gasteiger partial charge in [0.15, 0.2) is 5.69 Å². The van der Waals surface area contributed by atoms with Crippen LogP contribution in [-0.4, -0.2) is 22.0 Å². The second kappa shape index (κ2) is 6.52. The number of carbonyl (C=O) groups is 2. The monoisotopic (exact) mass is 342 g/mol. The summed E-state index contributed by atoms with van der Waals surface area (Å²) in [5, 5.41) is 9.40. The molecule has 0 bridgehead atoms. The molecule has 0 aliphatic rings. The first-order valence-electron chi connectivity index (χ1n) is 6.37. The Morgan fingerprint density at radius 3 is 2.50 bits per heavy atom. The Kier molecular flexibility index (Phi) is 4.67. The summed E-state index contributed by atoms with van der Waals surface area (Å²) in [4.78, 5) is 23.1. The van der Waals surface area contributed by atoms with Crippen molar-refractivity contribution in [3.8, 4) is 0 Å². The summed E-state index contributed by atoms with van der Waals surface area (Å²) >= 11 is 0. The third-order valence-electron chi connectivity index (χ3n) is 2.78. The molecule has 0 fully saturated rings. The van der Waals surface area contributed by atoms with Crippen molar-refractivity contribution in [1.82, 2.24) is 10.2 Å². The van der Waals surface area contributed by atoms with Gasteiger partial charge < -0.3 is 10.6 Å². The number of hydrogen-bond acceptors (Lipinski definition) is 3. The highest BCUT2D eigenvalue weighted by Crippen LogP contribution is 2.28. The highest BCUT2D eigenvalue weighted by atomic mass is 19.4. The molecule has 0 unspecified atom stereocenters. The normalized spacial score (nSPS) is 11.0. The summed E-state index contributed by atoms with van der Waals surface area (Å²) < 4.78 is 50.9. The van der Waals surface area contributed by atoms with Gasteiger partial charge in [-0.15, -0.1) is 0 Å². The Bertz CT molecular complexity index is 798. The number of nitrogens with zero attached hydrogens (tertiary/aromatic N) is 1. The molecule has 3 N–H and O–H groups in total. The molecule has 0 radical (unpaired) electrons. The van der Waals surface area contributed by atoms with Gasteiger partial charge in [0.1, 0.15) is 11.5 Å². The topological polar surface area (TPSA) is 86.9 Å². The minimum Gasteiger partial charge on any atom is -0.321 e. The van der Waals surface area contributed by atoms with Gasteiger partial charge in [-0.05, 0) is 24.3 Å². The van der Waals surface area contributed by atoms with Crippen LogP contribution in [0.1, 0.15) is 16.2 Å². The van der Waals surface area contributed by atoms with Gasteiger partial charge in [-0.1, -0.05) is 6.58 Å². The van der Waals surface area contributed by atoms with E-state index in [4.69, 9.17) is 0 Å². The lowest BCUT2D eigenvalue weighted by Crippen LogP contribution is -2.14. The highest BCUT2D eigenvalue weighted by molar-refractivity contribution is 6.04. The summed E-state index contributed by atoms with van der Waals surface area (Å²) in [5.74, 6) is -2.36. The summed E-state index contributed by atoms with van der Waals surface area (Å²) in [5.41, 5.74) is -1.85. The minimum absolute atomic E-state index is 0.0531. The summed E-state index contributed by atoms with van der Waals surface area (Å²) in [6, 6.07) is 3.79. The van der Waals surface area contributed by atoms with Gasteiger partial charge >= 0.3 is 6.18 Å². The molecular weight excluding hydrogens is 332 g/mol. The fourth-order valence-electron chi connectivity index (χ4n) is 1.66. The van der Waals surface area contributed by atoms with Crippen molar-refractivity contribution >= 4 is 23.2 Å². The van der Waals surface area contributed by atoms with Gasteiger partial charge in [0, 0.05) is 11.8 Å². The van der Waals surface area contributed by atoms with Crippen molar-refractivity contribution in [1.29, 1.82) is 0 Å². The largest absolute Gasteiger partial charge is 0.432 e. The molecular formula is C14H10F4N4O2. The zero-order chi connectivity index (χ0) is 17.9. The van der Waals surface area contributed by atoms with E-state index in [9.17, 15) is 27.2 Å². The van der Waals surface area contributed by atoms with Crippen molar-refractivity contribution in [3.63, 3.8) is 0 Å². The Morgan fingerprint density at radius 2 is 1.92 bits per heavy atom. The molecule has 10 heteroatoms. The Balaban J connectivity index is 2.17. The Morgan fingerprint density at radius 1 is 1.21 bits per heavy atom. The number of nitrogens with one attached hydrogen (secondary N) is 3. The molecule has 0 saturated carbocycles. The maximum Gasteiger partial charge on any atom is 0.432 e. The number of rotatable bonds is 4. The lowest BCUT2D eigenvalue weighted by atomic mass is 10.2. The Hall–Kier alpha value is -3.17. The molecule has 0 spiro atoms. The fourth-order valence-corrected chi connectivity index (χ4v) is 1.66. The van der Waals surface area contributed by atoms with E-state index < -0.39 is 35.2 Å². The van der Waals surface area contributed by atoms with E-state index in [1.165, 1.54) is 6.07 Å². The van der Waals surface area contributed by atoms with Gasteiger partial charge in [-0.25, -0.2) is 4.39 Å². The molecule has 2 rings (SSSR count). The third kappa shape index (κ3) is 3.97. The number of carbonyl (C=O) groups excluding carboxylic acids is 2. The van der Waals surface area contributed by atoms with Gasteiger partial charge in [-0.3, -0.25) is 14.7 Å². The summed E-state index contributed by atoms with van der Waals surface area (Å²) in [6.07, 6.45) is -3.74. The average Bonchev–Trinajstić information content (AvgIpc) is 3.00. The van der Waals surface area contributed by atoms with E-state index in [0.29, 0.717) is 6.07 Å². The number of aromatic amines is 1. The van der Waals surface area contributed by atoms with Gasteiger partial charge in [-0.2, -0.15) is 18.3 Å². The van der Waals surface area contributed by atoms with E-state index in [-0.39, 0.29) is 11.4 Å². The van der Waals surface area contributed by atoms with Gasteiger partial charge in [0.05, 0.1) is 5.69 Å². The lowest BCUT2D eigenvalue weighted by molar-refractivity contribution is -0.141. The second-order valence-electron chi connectivity index (χ2n) is 4.51. The van der Waals surface area contributed by atoms with E-state index in [1.807, 2.05) is 0 Å². The number of alkyl halides is 3. The first-order valence-corrected chi connectivity index (χ1v) is 6.37. The first-order chi connectivity index (χ1) is 11.2. The van der Waals surface area contributed by atoms with Crippen LogP contribution in [0, 0.1) is 5.82 Å². The second-order valence-corrected chi connectivity index (χ2v) is 4.51. The standard InChI is InChI=1S/C14H10F4N4O2/c1-2-12(23)20-9-5-7(3-4-8(9)15)19-13(24)10-6-11(22-21-10)14(16,17)18/h2-6H,1H2,(H,19,24)(H,20,23)(H,21,22). The van der Waals surface area contributed by atoms with E-state index in [0.717, 1.165) is 18.2 Å². The van der Waals surface area contributed by atoms with Crippen LogP contribution in [0.3, 0.4) is 0 Å². The molecule has 1 aromatic heterocycles. The number of anilines is 2. The Labute approximate surface area is 132 Å². The van der Waals surface area contributed by atoms with Crippen molar-refractivity contribution < 1.29 is 27.2 Å². The molecule has 0 aliphatic carbocycles. The predicted molar refractivity (Wildman–Crippen MR) is 76.8 cm³/mol. The molecule has 2 aromatic rings. The van der Waals surface area contributed by atoms with Crippen LogP contribution in [-0.2, 0) is 11.0 Å². The van der Waals surface area contributed by atoms with Gasteiger partial charge in [0.2, 0.25) is 5.91 Å². The summed E-state index contributed by atoms with van der Waals surface area (Å²) in [6.45, 7) is 3.21. The molecule has 24 heavy (non-hydrogen) atoms. The minimum atomic E-state index is -4.66. The van der Waals surface area contributed by atoms with Gasteiger partial charge in [0.25, 0.3) is 5.91 Å². The quantitative estimate of drug-likeness (QED) is 0.590. The maximum atomic E-state index is 13.6. The average molecular weight is 342 g/mol. The molecule has 1 aromatic carbocycles. The molecule has 2 amide bonds. The van der Waals surface area contributed by atoms with Crippen molar-refractivity contribution in [2.45, 2.75) is 6.18 Å². The third-order valence-corrected chi connectivity index (χ3v) is 2.78. The maximum absolute atomic E-state index is 13.6. The number of H-pyrrole nitrogens is 1. The van der Waals surface area contributed by atoms with Crippen LogP contribution in [0.4, 0.5) is 28.9 Å². The van der Waals surface area contributed by atoms with Crippen LogP contribution in [0.15, 0.2) is 36.9 Å². The first kappa shape index (κ1) is 17.2. The van der Waals surface area contributed by atoms with E-state index >= 15 is 0 Å². The molecule has 0 aliphatic heterocycles. The molecule has 1 heterocycles. The molecule has 6 nitrogen and oxygen atoms in total.